The van der Waals surface area contributed by atoms with Gasteiger partial charge in [-0.15, -0.1) is 0 Å². The van der Waals surface area contributed by atoms with Crippen LogP contribution in [0, 0.1) is 41.5 Å². The van der Waals surface area contributed by atoms with Crippen LogP contribution in [-0.2, 0) is 0 Å². The molecule has 12 aromatic carbocycles. The van der Waals surface area contributed by atoms with Crippen molar-refractivity contribution in [2.75, 3.05) is 14.2 Å². The van der Waals surface area contributed by atoms with Gasteiger partial charge in [0.25, 0.3) is 0 Å². The second-order valence-electron chi connectivity index (χ2n) is 23.2. The molecule has 0 radical (unpaired) electrons. The first kappa shape index (κ1) is 58.1. The standard InChI is InChI=1S/C78H66B3N9/c1-55-49-64(61-37-43-70(44-38-61)85-82-67-25-13-7-14-26-67)50-56(2)76(55)79-88(73-31-19-10-20-32-73)80(77-57(3)51-65(52-58(77)4)62-39-45-71(46-40-62)86-83-68-27-15-8-16-28-68)90(75-35-23-12-24-36-75)81(89(79)74-33-21-11-22-34-74)78-59(5)53-66(54-60(78)6)63-41-47-72(48-42-63)87-84-69-29-17-9-18-30-69/h7-54H,1-6H3. The van der Waals surface area contributed by atoms with Crippen LogP contribution in [0.5, 0.6) is 0 Å². The van der Waals surface area contributed by atoms with E-state index in [0.29, 0.717) is 0 Å². The van der Waals surface area contributed by atoms with E-state index in [1.807, 2.05) is 91.0 Å². The van der Waals surface area contributed by atoms with Gasteiger partial charge in [0, 0.05) is 17.1 Å². The first-order chi connectivity index (χ1) is 44.1. The van der Waals surface area contributed by atoms with Crippen LogP contribution in [0.3, 0.4) is 0 Å². The Balaban J connectivity index is 1.01. The molecule has 0 saturated carbocycles. The molecule has 0 unspecified atom stereocenters. The lowest BCUT2D eigenvalue weighted by molar-refractivity contribution is 1.23. The van der Waals surface area contributed by atoms with Crippen LogP contribution >= 0.6 is 0 Å². The van der Waals surface area contributed by atoms with Crippen LogP contribution in [0.25, 0.3) is 33.4 Å². The number of aryl methyl sites for hydroxylation is 6. The summed E-state index contributed by atoms with van der Waals surface area (Å²) in [6, 6.07) is 102. The fourth-order valence-corrected chi connectivity index (χ4v) is 12.9. The van der Waals surface area contributed by atoms with Gasteiger partial charge in [-0.2, -0.15) is 30.7 Å². The molecule has 0 atom stereocenters. The topological polar surface area (TPSA) is 83.9 Å². The fourth-order valence-electron chi connectivity index (χ4n) is 12.9. The van der Waals surface area contributed by atoms with E-state index in [2.05, 4.69) is 287 Å². The third-order valence-corrected chi connectivity index (χ3v) is 17.0. The van der Waals surface area contributed by atoms with Gasteiger partial charge in [0.05, 0.1) is 34.1 Å². The highest BCUT2D eigenvalue weighted by atomic mass is 15.3. The summed E-state index contributed by atoms with van der Waals surface area (Å²) in [5.74, 6) is 0. The van der Waals surface area contributed by atoms with E-state index in [4.69, 9.17) is 0 Å². The Morgan fingerprint density at radius 1 is 0.200 bits per heavy atom. The van der Waals surface area contributed by atoms with Gasteiger partial charge in [-0.3, -0.25) is 0 Å². The van der Waals surface area contributed by atoms with Gasteiger partial charge >= 0.3 is 20.9 Å². The highest BCUT2D eigenvalue weighted by Gasteiger charge is 2.57. The van der Waals surface area contributed by atoms with E-state index >= 15 is 0 Å². The normalized spacial score (nSPS) is 12.7. The van der Waals surface area contributed by atoms with Crippen molar-refractivity contribution in [2.24, 2.45) is 30.7 Å². The molecular weight excluding hydrogens is 1100 g/mol. The Kier molecular flexibility index (Phi) is 16.9. The lowest BCUT2D eigenvalue weighted by Crippen LogP contribution is -2.87. The fraction of sp³-hybridized carbons (Fsp3) is 0.0769. The van der Waals surface area contributed by atoms with Crippen LogP contribution in [-0.4, -0.2) is 20.9 Å². The minimum atomic E-state index is -0.369. The van der Waals surface area contributed by atoms with Crippen LogP contribution in [0.2, 0.25) is 0 Å². The summed E-state index contributed by atoms with van der Waals surface area (Å²) in [6.07, 6.45) is 0. The van der Waals surface area contributed by atoms with Crippen LogP contribution < -0.4 is 30.6 Å². The first-order valence-corrected chi connectivity index (χ1v) is 30.7. The van der Waals surface area contributed by atoms with E-state index in [1.165, 1.54) is 49.8 Å². The molecule has 1 aliphatic rings. The zero-order valence-electron chi connectivity index (χ0n) is 51.5. The van der Waals surface area contributed by atoms with Gasteiger partial charge in [-0.25, -0.2) is 0 Å². The molecule has 432 valence electrons. The summed E-state index contributed by atoms with van der Waals surface area (Å²) >= 11 is 0. The minimum absolute atomic E-state index is 0.369. The zero-order valence-corrected chi connectivity index (χ0v) is 51.5. The van der Waals surface area contributed by atoms with Crippen molar-refractivity contribution in [3.05, 3.63) is 325 Å². The Morgan fingerprint density at radius 2 is 0.378 bits per heavy atom. The average molecular weight is 1160 g/mol. The summed E-state index contributed by atoms with van der Waals surface area (Å²) in [4.78, 5) is 0. The number of benzene rings is 12. The zero-order chi connectivity index (χ0) is 61.5. The van der Waals surface area contributed by atoms with Crippen molar-refractivity contribution in [1.29, 1.82) is 0 Å². The van der Waals surface area contributed by atoms with Gasteiger partial charge in [-0.1, -0.05) is 215 Å². The monoisotopic (exact) mass is 1160 g/mol. The second kappa shape index (κ2) is 26.2. The molecule has 1 aliphatic heterocycles. The van der Waals surface area contributed by atoms with Crippen molar-refractivity contribution < 1.29 is 0 Å². The third-order valence-electron chi connectivity index (χ3n) is 17.0. The van der Waals surface area contributed by atoms with Gasteiger partial charge < -0.3 is 14.2 Å². The highest BCUT2D eigenvalue weighted by molar-refractivity contribution is 7.15. The smallest absolute Gasteiger partial charge is 0.389 e. The minimum Gasteiger partial charge on any atom is -0.416 e. The molecule has 1 fully saturated rings. The largest absolute Gasteiger partial charge is 0.416 e. The van der Waals surface area contributed by atoms with Crippen molar-refractivity contribution in [3.63, 3.8) is 0 Å². The predicted molar refractivity (Wildman–Crippen MR) is 379 cm³/mol. The van der Waals surface area contributed by atoms with E-state index in [-0.39, 0.29) is 20.9 Å². The number of hydrogen-bond donors (Lipinski definition) is 0. The van der Waals surface area contributed by atoms with Crippen LogP contribution in [0.15, 0.2) is 322 Å². The maximum Gasteiger partial charge on any atom is 0.389 e. The molecule has 90 heavy (non-hydrogen) atoms. The Hall–Kier alpha value is -11.0. The highest BCUT2D eigenvalue weighted by Crippen LogP contribution is 2.38. The van der Waals surface area contributed by atoms with Crippen LogP contribution in [0.1, 0.15) is 33.4 Å². The summed E-state index contributed by atoms with van der Waals surface area (Å²) in [5, 5.41) is 27.3. The Labute approximate surface area is 529 Å². The number of azo groups is 3. The molecular formula is C78H66B3N9. The quantitative estimate of drug-likeness (QED) is 0.0757. The molecule has 1 heterocycles. The molecule has 0 spiro atoms. The van der Waals surface area contributed by atoms with E-state index in [0.717, 1.165) is 84.6 Å². The number of para-hydroxylation sites is 3. The lowest BCUT2D eigenvalue weighted by Gasteiger charge is -2.58. The molecule has 1 saturated heterocycles. The molecule has 9 nitrogen and oxygen atoms in total. The Morgan fingerprint density at radius 3 is 0.578 bits per heavy atom. The summed E-state index contributed by atoms with van der Waals surface area (Å²) < 4.78 is 8.11. The summed E-state index contributed by atoms with van der Waals surface area (Å²) in [7, 11) is 0. The van der Waals surface area contributed by atoms with Gasteiger partial charge in [0.2, 0.25) is 0 Å². The predicted octanol–water partition coefficient (Wildman–Crippen LogP) is 19.8. The molecule has 0 N–H and O–H groups in total. The number of rotatable bonds is 15. The van der Waals surface area contributed by atoms with Crippen LogP contribution in [0.4, 0.5) is 51.2 Å². The molecule has 12 aromatic rings. The van der Waals surface area contributed by atoms with Crippen molar-refractivity contribution in [3.8, 4) is 33.4 Å². The maximum atomic E-state index is 4.59. The number of hydrogen-bond acceptors (Lipinski definition) is 9. The molecule has 0 bridgehead atoms. The third kappa shape index (κ3) is 12.3. The van der Waals surface area contributed by atoms with E-state index in [1.54, 1.807) is 0 Å². The molecule has 13 rings (SSSR count). The SMILES string of the molecule is Cc1cc(-c2ccc(N=Nc3ccccc3)cc2)cc(C)c1B1N(c2ccccc2)B(c2c(C)cc(-c3ccc(N=Nc4ccccc4)cc3)cc2C)N(c2ccccc2)B(c2c(C)cc(-c3ccc(N=Nc4ccccc4)cc3)cc2C)N1c1ccccc1. The van der Waals surface area contributed by atoms with Crippen molar-refractivity contribution >= 4 is 88.5 Å². The van der Waals surface area contributed by atoms with Gasteiger partial charge in [-0.05, 0) is 201 Å². The Bertz CT molecular complexity index is 3990. The maximum absolute atomic E-state index is 4.59. The molecule has 12 heteroatoms. The van der Waals surface area contributed by atoms with Crippen molar-refractivity contribution in [2.45, 2.75) is 41.5 Å². The lowest BCUT2D eigenvalue weighted by atomic mass is 9.35. The molecule has 0 amide bonds. The van der Waals surface area contributed by atoms with Gasteiger partial charge in [0.1, 0.15) is 0 Å². The average Bonchev–Trinajstić information content (AvgIpc) is 0.711. The summed E-state index contributed by atoms with van der Waals surface area (Å²) in [6.45, 7) is 12.7. The van der Waals surface area contributed by atoms with E-state index in [9.17, 15) is 0 Å². The molecule has 0 aromatic heterocycles. The molecule has 0 aliphatic carbocycles. The first-order valence-electron chi connectivity index (χ1n) is 30.7. The number of anilines is 3. The summed E-state index contributed by atoms with van der Waals surface area (Å²) in [5.41, 5.74) is 25.6. The van der Waals surface area contributed by atoms with Gasteiger partial charge in [0.15, 0.2) is 0 Å². The van der Waals surface area contributed by atoms with E-state index < -0.39 is 0 Å². The number of nitrogens with zero attached hydrogens (tertiary/aromatic N) is 9. The second-order valence-corrected chi connectivity index (χ2v) is 23.2. The van der Waals surface area contributed by atoms with Crippen molar-refractivity contribution in [1.82, 2.24) is 0 Å².